The first kappa shape index (κ1) is 33.2. The third-order valence-electron chi connectivity index (χ3n) is 6.56. The highest BCUT2D eigenvalue weighted by Crippen LogP contribution is 2.28. The largest absolute Gasteiger partial charge is 0.463 e. The first-order chi connectivity index (χ1) is 20.9. The Morgan fingerprint density at radius 3 is 2.47 bits per heavy atom. The van der Waals surface area contributed by atoms with E-state index in [4.69, 9.17) is 18.9 Å². The van der Waals surface area contributed by atoms with Gasteiger partial charge in [0.1, 0.15) is 11.9 Å². The number of nitrogens with zero attached hydrogens (tertiary/aromatic N) is 2. The number of hydrogen-bond donors (Lipinski definition) is 0. The van der Waals surface area contributed by atoms with Crippen molar-refractivity contribution < 1.29 is 43.3 Å². The van der Waals surface area contributed by atoms with E-state index in [0.29, 0.717) is 68.0 Å². The van der Waals surface area contributed by atoms with Crippen LogP contribution in [0.5, 0.6) is 5.75 Å². The number of rotatable bonds is 17. The van der Waals surface area contributed by atoms with Gasteiger partial charge in [0.25, 0.3) is 5.09 Å². The van der Waals surface area contributed by atoms with E-state index in [-0.39, 0.29) is 25.7 Å². The predicted octanol–water partition coefficient (Wildman–Crippen LogP) is 4.56. The third-order valence-corrected chi connectivity index (χ3v) is 6.56. The van der Waals surface area contributed by atoms with Gasteiger partial charge in [0.05, 0.1) is 38.5 Å². The summed E-state index contributed by atoms with van der Waals surface area (Å²) in [7, 11) is 0. The summed E-state index contributed by atoms with van der Waals surface area (Å²) in [5, 5.41) is 9.23. The Kier molecular flexibility index (Phi) is 14.1. The van der Waals surface area contributed by atoms with Crippen LogP contribution in [0.3, 0.4) is 0 Å². The smallest absolute Gasteiger partial charge is 0.343 e. The Labute approximate surface area is 250 Å². The molecule has 1 saturated heterocycles. The van der Waals surface area contributed by atoms with Gasteiger partial charge >= 0.3 is 17.9 Å². The molecule has 1 fully saturated rings. The SMILES string of the molecule is CCCCC(OC(=O)CN1CCOCC1)c1ccccc1C(=O)Oc1ccc(/C=C/C(=O)OCCCCO[N+](=O)[O-])cc1. The van der Waals surface area contributed by atoms with Crippen molar-refractivity contribution in [2.24, 2.45) is 0 Å². The number of ether oxygens (including phenoxy) is 4. The molecule has 0 spiro atoms. The predicted molar refractivity (Wildman–Crippen MR) is 156 cm³/mol. The van der Waals surface area contributed by atoms with Crippen molar-refractivity contribution in [3.8, 4) is 5.75 Å². The maximum atomic E-state index is 13.2. The maximum Gasteiger partial charge on any atom is 0.343 e. The quantitative estimate of drug-likeness (QED) is 0.0631. The topological polar surface area (TPSA) is 144 Å². The van der Waals surface area contributed by atoms with Crippen molar-refractivity contribution in [2.75, 3.05) is 46.1 Å². The van der Waals surface area contributed by atoms with Crippen LogP contribution in [0.4, 0.5) is 0 Å². The molecule has 1 unspecified atom stereocenters. The van der Waals surface area contributed by atoms with Crippen molar-refractivity contribution in [1.29, 1.82) is 0 Å². The molecule has 1 heterocycles. The fourth-order valence-corrected chi connectivity index (χ4v) is 4.31. The van der Waals surface area contributed by atoms with Crippen LogP contribution in [-0.2, 0) is 28.6 Å². The monoisotopic (exact) mass is 598 g/mol. The fraction of sp³-hybridized carbons (Fsp3) is 0.452. The maximum absolute atomic E-state index is 13.2. The van der Waals surface area contributed by atoms with Crippen molar-refractivity contribution >= 4 is 24.0 Å². The highest BCUT2D eigenvalue weighted by molar-refractivity contribution is 5.93. The van der Waals surface area contributed by atoms with Gasteiger partial charge < -0.3 is 23.8 Å². The van der Waals surface area contributed by atoms with Gasteiger partial charge in [-0.3, -0.25) is 9.69 Å². The standard InChI is InChI=1S/C31H38N2O10/c1-2-3-10-28(43-30(35)23-32-17-21-39-22-18-32)26-8-4-5-9-27(26)31(36)42-25-14-11-24(12-15-25)13-16-29(34)40-19-6-7-20-41-33(37)38/h4-5,8-9,11-16,28H,2-3,6-7,10,17-23H2,1H3/b16-13+. The summed E-state index contributed by atoms with van der Waals surface area (Å²) in [6.07, 6.45) is 5.37. The van der Waals surface area contributed by atoms with E-state index >= 15 is 0 Å². The van der Waals surface area contributed by atoms with Crippen LogP contribution < -0.4 is 4.74 Å². The lowest BCUT2D eigenvalue weighted by atomic mass is 9.98. The summed E-state index contributed by atoms with van der Waals surface area (Å²) in [6.45, 7) is 4.78. The molecule has 1 aliphatic rings. The minimum Gasteiger partial charge on any atom is -0.463 e. The molecule has 1 aliphatic heterocycles. The number of morpholine rings is 1. The molecule has 3 rings (SSSR count). The minimum absolute atomic E-state index is 0.0505. The molecule has 0 N–H and O–H groups in total. The van der Waals surface area contributed by atoms with E-state index in [1.807, 2.05) is 4.90 Å². The Balaban J connectivity index is 1.56. The highest BCUT2D eigenvalue weighted by Gasteiger charge is 2.25. The van der Waals surface area contributed by atoms with E-state index in [1.54, 1.807) is 54.6 Å². The van der Waals surface area contributed by atoms with Crippen LogP contribution in [0, 0.1) is 10.1 Å². The lowest BCUT2D eigenvalue weighted by Gasteiger charge is -2.27. The molecule has 2 aromatic carbocycles. The second-order valence-electron chi connectivity index (χ2n) is 9.82. The molecule has 43 heavy (non-hydrogen) atoms. The Bertz CT molecular complexity index is 1230. The molecular formula is C31H38N2O10. The third kappa shape index (κ3) is 12.2. The van der Waals surface area contributed by atoms with Crippen molar-refractivity contribution in [2.45, 2.75) is 45.1 Å². The van der Waals surface area contributed by atoms with Gasteiger partial charge in [0, 0.05) is 24.7 Å². The zero-order valence-electron chi connectivity index (χ0n) is 24.3. The number of hydrogen-bond acceptors (Lipinski definition) is 11. The molecule has 1 atom stereocenters. The Hall–Kier alpha value is -4.29. The second-order valence-corrected chi connectivity index (χ2v) is 9.82. The summed E-state index contributed by atoms with van der Waals surface area (Å²) in [6, 6.07) is 13.6. The molecule has 12 nitrogen and oxygen atoms in total. The normalized spacial score (nSPS) is 14.2. The fourth-order valence-electron chi connectivity index (χ4n) is 4.31. The van der Waals surface area contributed by atoms with Crippen LogP contribution in [0.15, 0.2) is 54.6 Å². The molecule has 0 amide bonds. The van der Waals surface area contributed by atoms with Crippen molar-refractivity contribution in [1.82, 2.24) is 4.90 Å². The number of esters is 3. The second kappa shape index (κ2) is 18.3. The van der Waals surface area contributed by atoms with Gasteiger partial charge in [-0.2, -0.15) is 0 Å². The summed E-state index contributed by atoms with van der Waals surface area (Å²) in [4.78, 5) is 54.2. The van der Waals surface area contributed by atoms with Crippen LogP contribution in [0.2, 0.25) is 0 Å². The number of unbranched alkanes of at least 4 members (excludes halogenated alkanes) is 2. The number of carbonyl (C=O) groups is 3. The molecule has 12 heteroatoms. The van der Waals surface area contributed by atoms with Crippen LogP contribution in [0.1, 0.15) is 66.6 Å². The van der Waals surface area contributed by atoms with Crippen LogP contribution in [-0.4, -0.2) is 74.0 Å². The van der Waals surface area contributed by atoms with E-state index in [9.17, 15) is 24.5 Å². The molecule has 232 valence electrons. The highest BCUT2D eigenvalue weighted by atomic mass is 16.9. The first-order valence-corrected chi connectivity index (χ1v) is 14.4. The van der Waals surface area contributed by atoms with Gasteiger partial charge in [-0.25, -0.2) is 9.59 Å². The lowest BCUT2D eigenvalue weighted by Crippen LogP contribution is -2.40. The summed E-state index contributed by atoms with van der Waals surface area (Å²) < 4.78 is 21.9. The summed E-state index contributed by atoms with van der Waals surface area (Å²) in [5.41, 5.74) is 1.60. The molecule has 0 aliphatic carbocycles. The number of carbonyl (C=O) groups excluding carboxylic acids is 3. The average Bonchev–Trinajstić information content (AvgIpc) is 3.01. The van der Waals surface area contributed by atoms with E-state index in [0.717, 1.165) is 12.8 Å². The van der Waals surface area contributed by atoms with Gasteiger partial charge in [0.2, 0.25) is 0 Å². The van der Waals surface area contributed by atoms with Crippen LogP contribution >= 0.6 is 0 Å². The average molecular weight is 599 g/mol. The van der Waals surface area contributed by atoms with Gasteiger partial charge in [-0.05, 0) is 55.5 Å². The zero-order valence-corrected chi connectivity index (χ0v) is 24.3. The number of benzene rings is 2. The minimum atomic E-state index is -0.863. The molecule has 0 bridgehead atoms. The van der Waals surface area contributed by atoms with E-state index < -0.39 is 23.1 Å². The van der Waals surface area contributed by atoms with Gasteiger partial charge in [0.15, 0.2) is 0 Å². The van der Waals surface area contributed by atoms with Gasteiger partial charge in [-0.15, -0.1) is 10.1 Å². The Morgan fingerprint density at radius 2 is 1.74 bits per heavy atom. The summed E-state index contributed by atoms with van der Waals surface area (Å²) in [5.74, 6) is -1.16. The molecule has 0 radical (unpaired) electrons. The van der Waals surface area contributed by atoms with Gasteiger partial charge in [-0.1, -0.05) is 43.7 Å². The first-order valence-electron chi connectivity index (χ1n) is 14.4. The lowest BCUT2D eigenvalue weighted by molar-refractivity contribution is -0.757. The molecular weight excluding hydrogens is 560 g/mol. The summed E-state index contributed by atoms with van der Waals surface area (Å²) >= 11 is 0. The van der Waals surface area contributed by atoms with Crippen LogP contribution in [0.25, 0.3) is 6.08 Å². The van der Waals surface area contributed by atoms with Crippen molar-refractivity contribution in [3.05, 3.63) is 81.4 Å². The molecule has 0 aromatic heterocycles. The van der Waals surface area contributed by atoms with E-state index in [2.05, 4.69) is 11.8 Å². The molecule has 2 aromatic rings. The van der Waals surface area contributed by atoms with E-state index in [1.165, 1.54) is 6.08 Å². The molecule has 0 saturated carbocycles. The zero-order chi connectivity index (χ0) is 30.9. The Morgan fingerprint density at radius 1 is 1.02 bits per heavy atom. The van der Waals surface area contributed by atoms with Crippen molar-refractivity contribution in [3.63, 3.8) is 0 Å².